The van der Waals surface area contributed by atoms with Gasteiger partial charge in [-0.3, -0.25) is 9.69 Å². The molecule has 9 heteroatoms. The predicted molar refractivity (Wildman–Crippen MR) is 161 cm³/mol. The van der Waals surface area contributed by atoms with Gasteiger partial charge in [0.05, 0.1) is 26.5 Å². The van der Waals surface area contributed by atoms with Gasteiger partial charge in [-0.25, -0.2) is 9.78 Å². The molecule has 0 aliphatic rings. The van der Waals surface area contributed by atoms with Crippen LogP contribution in [0.2, 0.25) is 0 Å². The molecule has 0 N–H and O–H groups in total. The zero-order chi connectivity index (χ0) is 30.5. The molecule has 0 bridgehead atoms. The van der Waals surface area contributed by atoms with E-state index in [9.17, 15) is 9.59 Å². The fourth-order valence-corrected chi connectivity index (χ4v) is 3.97. The number of aromatic nitrogens is 1. The molecule has 2 aromatic carbocycles. The van der Waals surface area contributed by atoms with E-state index in [-0.39, 0.29) is 13.1 Å². The van der Waals surface area contributed by atoms with Crippen molar-refractivity contribution in [2.24, 2.45) is 0 Å². The molecule has 0 spiro atoms. The van der Waals surface area contributed by atoms with Gasteiger partial charge in [-0.05, 0) is 68.7 Å². The number of hydrogen-bond acceptors (Lipinski definition) is 8. The number of rotatable bonds is 14. The van der Waals surface area contributed by atoms with E-state index in [1.807, 2.05) is 62.4 Å². The number of methoxy groups -OCH3 is 2. The van der Waals surface area contributed by atoms with Gasteiger partial charge in [0.15, 0.2) is 0 Å². The van der Waals surface area contributed by atoms with Crippen molar-refractivity contribution in [3.8, 4) is 17.2 Å². The first-order valence-electron chi connectivity index (χ1n) is 13.6. The lowest BCUT2D eigenvalue weighted by Gasteiger charge is -2.21. The van der Waals surface area contributed by atoms with E-state index in [0.717, 1.165) is 34.6 Å². The van der Waals surface area contributed by atoms with Crippen LogP contribution >= 0.6 is 0 Å². The Morgan fingerprint density at radius 2 is 1.81 bits per heavy atom. The summed E-state index contributed by atoms with van der Waals surface area (Å²) in [6, 6.07) is 12.4. The van der Waals surface area contributed by atoms with Crippen LogP contribution in [0.3, 0.4) is 0 Å². The number of benzene rings is 2. The fraction of sp³-hybridized carbons (Fsp3) is 0.303. The van der Waals surface area contributed by atoms with E-state index in [1.165, 1.54) is 12.0 Å². The monoisotopic (exact) mass is 574 g/mol. The van der Waals surface area contributed by atoms with E-state index < -0.39 is 12.1 Å². The van der Waals surface area contributed by atoms with Gasteiger partial charge in [-0.2, -0.15) is 0 Å². The highest BCUT2D eigenvalue weighted by Crippen LogP contribution is 2.24. The number of aryl methyl sites for hydroxylation is 2. The van der Waals surface area contributed by atoms with Crippen molar-refractivity contribution in [2.75, 3.05) is 27.4 Å². The van der Waals surface area contributed by atoms with Gasteiger partial charge in [0.25, 0.3) is 0 Å². The van der Waals surface area contributed by atoms with Crippen LogP contribution in [0.1, 0.15) is 41.8 Å². The molecule has 3 aromatic rings. The molecule has 222 valence electrons. The maximum Gasteiger partial charge on any atom is 0.416 e. The molecule has 1 aromatic heterocycles. The highest BCUT2D eigenvalue weighted by atomic mass is 16.6. The highest BCUT2D eigenvalue weighted by molar-refractivity contribution is 5.79. The molecule has 0 radical (unpaired) electrons. The third-order valence-corrected chi connectivity index (χ3v) is 6.34. The summed E-state index contributed by atoms with van der Waals surface area (Å²) < 4.78 is 27.4. The van der Waals surface area contributed by atoms with Gasteiger partial charge in [-0.1, -0.05) is 36.4 Å². The molecule has 0 atom stereocenters. The Morgan fingerprint density at radius 1 is 1.07 bits per heavy atom. The van der Waals surface area contributed by atoms with E-state index in [4.69, 9.17) is 23.4 Å². The maximum atomic E-state index is 13.0. The van der Waals surface area contributed by atoms with Crippen molar-refractivity contribution in [1.29, 1.82) is 0 Å². The van der Waals surface area contributed by atoms with Crippen molar-refractivity contribution < 1.29 is 33.0 Å². The smallest absolute Gasteiger partial charge is 0.416 e. The Kier molecular flexibility index (Phi) is 12.0. The second kappa shape index (κ2) is 15.9. The van der Waals surface area contributed by atoms with Crippen molar-refractivity contribution in [3.63, 3.8) is 0 Å². The Balaban J connectivity index is 1.60. The first-order chi connectivity index (χ1) is 20.3. The van der Waals surface area contributed by atoms with Crippen LogP contribution < -0.4 is 14.2 Å². The second-order valence-electron chi connectivity index (χ2n) is 9.37. The first-order valence-corrected chi connectivity index (χ1v) is 13.6. The quantitative estimate of drug-likeness (QED) is 0.120. The second-order valence-corrected chi connectivity index (χ2v) is 9.37. The van der Waals surface area contributed by atoms with Crippen LogP contribution in [0.15, 0.2) is 77.8 Å². The van der Waals surface area contributed by atoms with Crippen molar-refractivity contribution in [2.45, 2.75) is 40.2 Å². The molecule has 0 saturated heterocycles. The van der Waals surface area contributed by atoms with Crippen molar-refractivity contribution >= 4 is 17.6 Å². The first kappa shape index (κ1) is 31.7. The summed E-state index contributed by atoms with van der Waals surface area (Å²) in [4.78, 5) is 30.9. The van der Waals surface area contributed by atoms with Crippen LogP contribution in [-0.4, -0.2) is 49.3 Å². The number of oxazole rings is 1. The topological polar surface area (TPSA) is 100 Å². The number of esters is 1. The predicted octanol–water partition coefficient (Wildman–Crippen LogP) is 6.63. The summed E-state index contributed by atoms with van der Waals surface area (Å²) >= 11 is 0. The molecule has 1 amide bonds. The highest BCUT2D eigenvalue weighted by Gasteiger charge is 2.21. The normalized spacial score (nSPS) is 11.3. The van der Waals surface area contributed by atoms with Gasteiger partial charge < -0.3 is 23.4 Å². The average Bonchev–Trinajstić information content (AvgIpc) is 3.36. The lowest BCUT2D eigenvalue weighted by molar-refractivity contribution is -0.141. The number of carbonyl (C=O) groups excluding carboxylic acids is 2. The number of hydrogen-bond donors (Lipinski definition) is 0. The van der Waals surface area contributed by atoms with Gasteiger partial charge in [0, 0.05) is 18.5 Å². The minimum absolute atomic E-state index is 0.138. The molecular formula is C33H38N2O7. The summed E-state index contributed by atoms with van der Waals surface area (Å²) in [6.45, 7) is 9.65. The Bertz CT molecular complexity index is 1420. The standard InChI is InChI=1S/C33H38N2O7/c1-7-9-10-11-26(8-2)32-34-29(24(4)41-32)18-19-40-27-14-12-25(13-15-27)21-35(22-31(36)39-6)33(37)42-30-17-16-28(38-5)20-23(30)3/h7-8,10-17,20H,1,9,18-19,21-22H2,2-6H3/b11-10-,26-8+. The molecule has 1 heterocycles. The minimum atomic E-state index is -0.673. The van der Waals surface area contributed by atoms with E-state index in [0.29, 0.717) is 36.2 Å². The van der Waals surface area contributed by atoms with E-state index in [1.54, 1.807) is 32.2 Å². The SMILES string of the molecule is C=CC/C=C\C(=C/C)c1nc(CCOc2ccc(CN(CC(=O)OC)C(=O)Oc3ccc(OC)cc3C)cc2)c(C)o1. The lowest BCUT2D eigenvalue weighted by atomic mass is 10.2. The lowest BCUT2D eigenvalue weighted by Crippen LogP contribution is -2.37. The van der Waals surface area contributed by atoms with Gasteiger partial charge >= 0.3 is 12.1 Å². The average molecular weight is 575 g/mol. The van der Waals surface area contributed by atoms with Gasteiger partial charge in [-0.15, -0.1) is 6.58 Å². The van der Waals surface area contributed by atoms with Crippen LogP contribution in [-0.2, 0) is 22.5 Å². The summed E-state index contributed by atoms with van der Waals surface area (Å²) in [5, 5.41) is 0. The summed E-state index contributed by atoms with van der Waals surface area (Å²) in [6.07, 6.45) is 8.44. The molecule has 0 aliphatic carbocycles. The Hall–Kier alpha value is -4.79. The number of nitrogens with zero attached hydrogens (tertiary/aromatic N) is 2. The largest absolute Gasteiger partial charge is 0.497 e. The fourth-order valence-electron chi connectivity index (χ4n) is 3.97. The van der Waals surface area contributed by atoms with E-state index >= 15 is 0 Å². The summed E-state index contributed by atoms with van der Waals surface area (Å²) in [7, 11) is 2.83. The van der Waals surface area contributed by atoms with E-state index in [2.05, 4.69) is 11.6 Å². The third kappa shape index (κ3) is 9.12. The van der Waals surface area contributed by atoms with Crippen molar-refractivity contribution in [3.05, 3.63) is 102 Å². The molecular weight excluding hydrogens is 536 g/mol. The molecule has 3 rings (SSSR count). The van der Waals surface area contributed by atoms with Gasteiger partial charge in [0.1, 0.15) is 29.6 Å². The Morgan fingerprint density at radius 3 is 2.45 bits per heavy atom. The number of amides is 1. The maximum absolute atomic E-state index is 13.0. The minimum Gasteiger partial charge on any atom is -0.497 e. The summed E-state index contributed by atoms with van der Waals surface area (Å²) in [5.74, 6) is 2.46. The zero-order valence-electron chi connectivity index (χ0n) is 24.8. The van der Waals surface area contributed by atoms with Crippen LogP contribution in [0.4, 0.5) is 4.79 Å². The number of ether oxygens (including phenoxy) is 4. The van der Waals surface area contributed by atoms with Crippen LogP contribution in [0.25, 0.3) is 5.57 Å². The Labute approximate surface area is 247 Å². The molecule has 0 saturated carbocycles. The summed E-state index contributed by atoms with van der Waals surface area (Å²) in [5.41, 5.74) is 3.26. The number of carbonyl (C=O) groups is 2. The van der Waals surface area contributed by atoms with Crippen LogP contribution in [0, 0.1) is 13.8 Å². The third-order valence-electron chi connectivity index (χ3n) is 6.34. The zero-order valence-corrected chi connectivity index (χ0v) is 24.8. The molecule has 0 fully saturated rings. The van der Waals surface area contributed by atoms with Crippen molar-refractivity contribution in [1.82, 2.24) is 9.88 Å². The molecule has 42 heavy (non-hydrogen) atoms. The molecule has 9 nitrogen and oxygen atoms in total. The molecule has 0 unspecified atom stereocenters. The van der Waals surface area contributed by atoms with Crippen LogP contribution in [0.5, 0.6) is 17.2 Å². The number of allylic oxidation sites excluding steroid dienone is 5. The molecule has 0 aliphatic heterocycles. The van der Waals surface area contributed by atoms with Gasteiger partial charge in [0.2, 0.25) is 5.89 Å².